The van der Waals surface area contributed by atoms with Crippen LogP contribution in [0.3, 0.4) is 0 Å². The summed E-state index contributed by atoms with van der Waals surface area (Å²) < 4.78 is 21.1. The van der Waals surface area contributed by atoms with Crippen LogP contribution >= 0.6 is 0 Å². The highest BCUT2D eigenvalue weighted by Gasteiger charge is 2.52. The van der Waals surface area contributed by atoms with Crippen molar-refractivity contribution in [3.05, 3.63) is 18.0 Å². The molecule has 1 N–H and O–H groups in total. The summed E-state index contributed by atoms with van der Waals surface area (Å²) in [5.41, 5.74) is -1.30. The number of nitrogens with one attached hydrogen (secondary N) is 1. The quantitative estimate of drug-likeness (QED) is 0.777. The van der Waals surface area contributed by atoms with Crippen LogP contribution in [-0.2, 0) is 16.6 Å². The number of nitrogens with zero attached hydrogens (tertiary/aromatic N) is 2. The fourth-order valence-corrected chi connectivity index (χ4v) is 2.21. The Morgan fingerprint density at radius 3 is 3.18 bits per heavy atom. The number of carbonyl (C=O) groups excluding carboxylic acids is 1. The van der Waals surface area contributed by atoms with Crippen LogP contribution in [0.25, 0.3) is 0 Å². The molecule has 0 amide bonds. The molecule has 2 rings (SSSR count). The summed E-state index contributed by atoms with van der Waals surface area (Å²) in [7, 11) is 1.74. The van der Waals surface area contributed by atoms with E-state index in [1.165, 1.54) is 0 Å². The van der Waals surface area contributed by atoms with E-state index in [2.05, 4.69) is 10.4 Å². The topological polar surface area (TPSA) is 56.1 Å². The van der Waals surface area contributed by atoms with Gasteiger partial charge in [-0.05, 0) is 13.0 Å². The molecule has 1 aliphatic rings. The molecule has 0 saturated carbocycles. The Hall–Kier alpha value is -1.43. The summed E-state index contributed by atoms with van der Waals surface area (Å²) >= 11 is 0. The SMILES string of the molecule is CCOC(=O)[C@@]1(F)CNC[C@H]1c1ccnn1C. The number of esters is 1. The number of halogens is 1. The standard InChI is InChI=1S/C11H16FN3O2/c1-3-17-10(16)11(12)7-13-6-8(11)9-4-5-14-15(9)2/h4-5,8,13H,3,6-7H2,1-2H3/t8-,11+/m0/s1. The molecule has 17 heavy (non-hydrogen) atoms. The lowest BCUT2D eigenvalue weighted by atomic mass is 9.90. The second kappa shape index (κ2) is 4.44. The number of carbonyl (C=O) groups is 1. The molecule has 0 bridgehead atoms. The molecule has 0 unspecified atom stereocenters. The third-order valence-electron chi connectivity index (χ3n) is 3.11. The van der Waals surface area contributed by atoms with Crippen molar-refractivity contribution in [2.24, 2.45) is 7.05 Å². The van der Waals surface area contributed by atoms with Gasteiger partial charge in [-0.25, -0.2) is 9.18 Å². The van der Waals surface area contributed by atoms with Crippen LogP contribution in [0.5, 0.6) is 0 Å². The van der Waals surface area contributed by atoms with Crippen molar-refractivity contribution in [3.63, 3.8) is 0 Å². The third kappa shape index (κ3) is 1.93. The van der Waals surface area contributed by atoms with E-state index in [0.717, 1.165) is 0 Å². The first kappa shape index (κ1) is 12.0. The van der Waals surface area contributed by atoms with Gasteiger partial charge in [-0.1, -0.05) is 0 Å². The summed E-state index contributed by atoms with van der Waals surface area (Å²) in [5.74, 6) is -1.34. The number of aryl methyl sites for hydroxylation is 1. The lowest BCUT2D eigenvalue weighted by molar-refractivity contribution is -0.157. The Balaban J connectivity index is 2.28. The first-order chi connectivity index (χ1) is 8.09. The zero-order valence-electron chi connectivity index (χ0n) is 9.94. The van der Waals surface area contributed by atoms with Gasteiger partial charge in [0.15, 0.2) is 0 Å². The molecule has 0 aliphatic carbocycles. The number of hydrogen-bond donors (Lipinski definition) is 1. The minimum atomic E-state index is -2.00. The Labute approximate surface area is 98.9 Å². The van der Waals surface area contributed by atoms with Gasteiger partial charge in [-0.2, -0.15) is 5.10 Å². The molecule has 0 spiro atoms. The zero-order chi connectivity index (χ0) is 12.5. The first-order valence-electron chi connectivity index (χ1n) is 5.64. The highest BCUT2D eigenvalue weighted by atomic mass is 19.1. The number of alkyl halides is 1. The number of hydrogen-bond acceptors (Lipinski definition) is 4. The minimum Gasteiger partial charge on any atom is -0.464 e. The monoisotopic (exact) mass is 241 g/mol. The van der Waals surface area contributed by atoms with Gasteiger partial charge in [0.05, 0.1) is 12.5 Å². The van der Waals surface area contributed by atoms with Crippen LogP contribution in [0.15, 0.2) is 12.3 Å². The molecule has 0 radical (unpaired) electrons. The molecule has 2 atom stereocenters. The zero-order valence-corrected chi connectivity index (χ0v) is 9.94. The fourth-order valence-electron chi connectivity index (χ4n) is 2.21. The van der Waals surface area contributed by atoms with Gasteiger partial charge >= 0.3 is 5.97 Å². The Kier molecular flexibility index (Phi) is 3.15. The maximum absolute atomic E-state index is 14.7. The van der Waals surface area contributed by atoms with Crippen LogP contribution < -0.4 is 5.32 Å². The molecule has 1 fully saturated rings. The maximum atomic E-state index is 14.7. The molecular weight excluding hydrogens is 225 g/mol. The summed E-state index contributed by atoms with van der Waals surface area (Å²) in [6, 6.07) is 1.73. The van der Waals surface area contributed by atoms with Crippen LogP contribution in [0.2, 0.25) is 0 Å². The Morgan fingerprint density at radius 1 is 1.82 bits per heavy atom. The highest BCUT2D eigenvalue weighted by Crippen LogP contribution is 2.35. The molecule has 1 aromatic heterocycles. The fraction of sp³-hybridized carbons (Fsp3) is 0.636. The van der Waals surface area contributed by atoms with Crippen LogP contribution in [0.1, 0.15) is 18.5 Å². The van der Waals surface area contributed by atoms with E-state index in [-0.39, 0.29) is 13.2 Å². The average Bonchev–Trinajstić information content (AvgIpc) is 2.86. The van der Waals surface area contributed by atoms with E-state index in [0.29, 0.717) is 12.2 Å². The van der Waals surface area contributed by atoms with Gasteiger partial charge in [0, 0.05) is 32.0 Å². The van der Waals surface area contributed by atoms with E-state index >= 15 is 0 Å². The van der Waals surface area contributed by atoms with Gasteiger partial charge in [-0.15, -0.1) is 0 Å². The summed E-state index contributed by atoms with van der Waals surface area (Å²) in [6.45, 7) is 2.25. The van der Waals surface area contributed by atoms with Gasteiger partial charge in [0.2, 0.25) is 5.67 Å². The maximum Gasteiger partial charge on any atom is 0.346 e. The molecule has 6 heteroatoms. The smallest absolute Gasteiger partial charge is 0.346 e. The highest BCUT2D eigenvalue weighted by molar-refractivity contribution is 5.82. The third-order valence-corrected chi connectivity index (χ3v) is 3.11. The average molecular weight is 241 g/mol. The van der Waals surface area contributed by atoms with Crippen molar-refractivity contribution in [3.8, 4) is 0 Å². The number of aromatic nitrogens is 2. The van der Waals surface area contributed by atoms with Crippen LogP contribution in [0.4, 0.5) is 4.39 Å². The summed E-state index contributed by atoms with van der Waals surface area (Å²) in [5, 5.41) is 6.90. The van der Waals surface area contributed by atoms with Gasteiger partial charge in [0.1, 0.15) is 0 Å². The number of ether oxygens (including phenoxy) is 1. The van der Waals surface area contributed by atoms with E-state index in [9.17, 15) is 9.18 Å². The van der Waals surface area contributed by atoms with Crippen molar-refractivity contribution >= 4 is 5.97 Å². The lowest BCUT2D eigenvalue weighted by Gasteiger charge is -2.24. The molecule has 1 saturated heterocycles. The van der Waals surface area contributed by atoms with Crippen molar-refractivity contribution in [1.82, 2.24) is 15.1 Å². The Bertz CT molecular complexity index is 421. The van der Waals surface area contributed by atoms with Crippen LogP contribution in [0, 0.1) is 0 Å². The molecule has 0 aromatic carbocycles. The second-order valence-corrected chi connectivity index (χ2v) is 4.15. The molecule has 5 nitrogen and oxygen atoms in total. The molecule has 94 valence electrons. The van der Waals surface area contributed by atoms with Gasteiger partial charge in [0.25, 0.3) is 0 Å². The molecule has 1 aliphatic heterocycles. The van der Waals surface area contributed by atoms with E-state index in [1.54, 1.807) is 30.9 Å². The van der Waals surface area contributed by atoms with E-state index < -0.39 is 17.6 Å². The molecule has 2 heterocycles. The predicted octanol–water partition coefficient (Wildman–Crippen LogP) is 0.378. The van der Waals surface area contributed by atoms with Crippen molar-refractivity contribution in [2.75, 3.05) is 19.7 Å². The van der Waals surface area contributed by atoms with E-state index in [1.807, 2.05) is 0 Å². The summed E-state index contributed by atoms with van der Waals surface area (Å²) in [4.78, 5) is 11.7. The normalized spacial score (nSPS) is 28.3. The molecule has 1 aromatic rings. The van der Waals surface area contributed by atoms with Crippen molar-refractivity contribution in [1.29, 1.82) is 0 Å². The van der Waals surface area contributed by atoms with Gasteiger partial charge in [-0.3, -0.25) is 4.68 Å². The minimum absolute atomic E-state index is 0.0122. The van der Waals surface area contributed by atoms with Crippen LogP contribution in [-0.4, -0.2) is 41.1 Å². The lowest BCUT2D eigenvalue weighted by Crippen LogP contribution is -2.42. The predicted molar refractivity (Wildman–Crippen MR) is 59.3 cm³/mol. The van der Waals surface area contributed by atoms with Crippen molar-refractivity contribution in [2.45, 2.75) is 18.5 Å². The largest absolute Gasteiger partial charge is 0.464 e. The second-order valence-electron chi connectivity index (χ2n) is 4.15. The molecular formula is C11H16FN3O2. The van der Waals surface area contributed by atoms with Gasteiger partial charge < -0.3 is 10.1 Å². The first-order valence-corrected chi connectivity index (χ1v) is 5.64. The Morgan fingerprint density at radius 2 is 2.59 bits per heavy atom. The van der Waals surface area contributed by atoms with Crippen molar-refractivity contribution < 1.29 is 13.9 Å². The number of rotatable bonds is 3. The van der Waals surface area contributed by atoms with E-state index in [4.69, 9.17) is 4.74 Å². The summed E-state index contributed by atoms with van der Waals surface area (Å²) in [6.07, 6.45) is 1.60.